The third kappa shape index (κ3) is 5.61. The van der Waals surface area contributed by atoms with Crippen LogP contribution in [-0.4, -0.2) is 19.9 Å². The highest BCUT2D eigenvalue weighted by atomic mass is 15.2. The van der Waals surface area contributed by atoms with Gasteiger partial charge in [-0.15, -0.1) is 0 Å². The number of fused-ring (bicyclic) bond motifs is 2. The molecular weight excluding hydrogens is 548 g/mol. The maximum Gasteiger partial charge on any atom is 0.0706 e. The van der Waals surface area contributed by atoms with Crippen LogP contribution in [0.15, 0.2) is 146 Å². The summed E-state index contributed by atoms with van der Waals surface area (Å²) in [6, 6.07) is 49.7. The predicted molar refractivity (Wildman–Crippen MR) is 183 cm³/mol. The minimum Gasteiger partial charge on any atom is -0.280 e. The maximum atomic E-state index is 5.31. The Labute approximate surface area is 264 Å². The summed E-state index contributed by atoms with van der Waals surface area (Å²) >= 11 is 0. The largest absolute Gasteiger partial charge is 0.280 e. The van der Waals surface area contributed by atoms with E-state index in [0.717, 1.165) is 65.4 Å². The number of pyridine rings is 3. The Morgan fingerprint density at radius 3 is 1.58 bits per heavy atom. The molecule has 0 radical (unpaired) electrons. The number of hydrogen-bond acceptors (Lipinski definition) is 4. The van der Waals surface area contributed by atoms with E-state index in [4.69, 9.17) is 15.0 Å². The molecule has 0 aliphatic carbocycles. The van der Waals surface area contributed by atoms with Crippen LogP contribution in [0, 0.1) is 0 Å². The van der Waals surface area contributed by atoms with Crippen molar-refractivity contribution >= 4 is 21.5 Å². The molecule has 0 N–H and O–H groups in total. The summed E-state index contributed by atoms with van der Waals surface area (Å²) < 4.78 is 0. The van der Waals surface area contributed by atoms with Crippen LogP contribution in [0.3, 0.4) is 0 Å². The zero-order valence-corrected chi connectivity index (χ0v) is 25.1. The lowest BCUT2D eigenvalue weighted by molar-refractivity contribution is 0.0674. The molecule has 3 aromatic heterocycles. The lowest BCUT2D eigenvalue weighted by atomic mass is 9.90. The third-order valence-electron chi connectivity index (χ3n) is 9.14. The van der Waals surface area contributed by atoms with E-state index in [1.165, 1.54) is 21.5 Å². The maximum absolute atomic E-state index is 5.31. The SMILES string of the molecule is c1ccc(CN2C(c3cccc(-c4ccc5ccccc5c4)n3)CCCC2c2cccc(-c3ccc4ccccc4c3)n2)nc1. The third-order valence-corrected chi connectivity index (χ3v) is 9.14. The Balaban J connectivity index is 1.17. The van der Waals surface area contributed by atoms with Crippen molar-refractivity contribution in [3.63, 3.8) is 0 Å². The van der Waals surface area contributed by atoms with E-state index in [9.17, 15) is 0 Å². The fourth-order valence-corrected chi connectivity index (χ4v) is 6.88. The zero-order chi connectivity index (χ0) is 30.0. The molecule has 4 aromatic carbocycles. The van der Waals surface area contributed by atoms with E-state index in [2.05, 4.69) is 138 Å². The topological polar surface area (TPSA) is 41.9 Å². The van der Waals surface area contributed by atoms with Gasteiger partial charge in [-0.1, -0.05) is 91.0 Å². The Bertz CT molecular complexity index is 1970. The molecule has 1 fully saturated rings. The molecule has 0 spiro atoms. The van der Waals surface area contributed by atoms with Crippen LogP contribution in [0.25, 0.3) is 44.1 Å². The van der Waals surface area contributed by atoms with E-state index in [-0.39, 0.29) is 12.1 Å². The summed E-state index contributed by atoms with van der Waals surface area (Å²) in [4.78, 5) is 17.9. The fourth-order valence-electron chi connectivity index (χ4n) is 6.88. The van der Waals surface area contributed by atoms with E-state index in [1.807, 2.05) is 12.3 Å². The Kier molecular flexibility index (Phi) is 7.34. The summed E-state index contributed by atoms with van der Waals surface area (Å²) in [7, 11) is 0. The molecule has 8 rings (SSSR count). The minimum absolute atomic E-state index is 0.150. The molecule has 0 saturated carbocycles. The van der Waals surface area contributed by atoms with Crippen molar-refractivity contribution in [2.24, 2.45) is 0 Å². The van der Waals surface area contributed by atoms with Gasteiger partial charge >= 0.3 is 0 Å². The Hall–Kier alpha value is -5.19. The van der Waals surface area contributed by atoms with Gasteiger partial charge in [-0.2, -0.15) is 0 Å². The molecular formula is C41H34N4. The molecule has 1 aliphatic heterocycles. The minimum atomic E-state index is 0.150. The van der Waals surface area contributed by atoms with Crippen molar-refractivity contribution in [1.82, 2.24) is 19.9 Å². The summed E-state index contributed by atoms with van der Waals surface area (Å²) in [5, 5.41) is 4.95. The van der Waals surface area contributed by atoms with Crippen molar-refractivity contribution in [3.05, 3.63) is 163 Å². The van der Waals surface area contributed by atoms with Crippen molar-refractivity contribution in [3.8, 4) is 22.5 Å². The second kappa shape index (κ2) is 12.1. The molecule has 4 heterocycles. The van der Waals surface area contributed by atoms with Crippen LogP contribution in [-0.2, 0) is 6.54 Å². The van der Waals surface area contributed by atoms with Crippen LogP contribution < -0.4 is 0 Å². The van der Waals surface area contributed by atoms with E-state index < -0.39 is 0 Å². The summed E-state index contributed by atoms with van der Waals surface area (Å²) in [6.07, 6.45) is 5.09. The standard InChI is InChI=1S/C41H34N4/c1-3-12-31-26-33(23-21-29(31)10-1)36-15-7-17-38(43-36)40-19-9-20-41(45(40)28-35-14-5-6-25-42-35)39-18-8-16-37(44-39)34-24-22-30-11-2-4-13-32(30)27-34/h1-8,10-18,21-27,40-41H,9,19-20,28H2. The number of benzene rings is 4. The molecule has 1 saturated heterocycles. The molecule has 7 aromatic rings. The highest BCUT2D eigenvalue weighted by Crippen LogP contribution is 2.42. The molecule has 0 amide bonds. The Morgan fingerprint density at radius 1 is 0.511 bits per heavy atom. The van der Waals surface area contributed by atoms with E-state index >= 15 is 0 Å². The fraction of sp³-hybridized carbons (Fsp3) is 0.146. The number of rotatable bonds is 6. The highest BCUT2D eigenvalue weighted by Gasteiger charge is 2.34. The summed E-state index contributed by atoms with van der Waals surface area (Å²) in [5.41, 5.74) is 7.57. The molecule has 4 nitrogen and oxygen atoms in total. The highest BCUT2D eigenvalue weighted by molar-refractivity contribution is 5.87. The zero-order valence-electron chi connectivity index (χ0n) is 25.1. The molecule has 1 aliphatic rings. The van der Waals surface area contributed by atoms with E-state index in [1.54, 1.807) is 0 Å². The van der Waals surface area contributed by atoms with Gasteiger partial charge in [-0.25, -0.2) is 0 Å². The molecule has 2 unspecified atom stereocenters. The van der Waals surface area contributed by atoms with Gasteiger partial charge in [0.05, 0.1) is 40.6 Å². The summed E-state index contributed by atoms with van der Waals surface area (Å²) in [5.74, 6) is 0. The van der Waals surface area contributed by atoms with Crippen molar-refractivity contribution in [1.29, 1.82) is 0 Å². The van der Waals surface area contributed by atoms with Gasteiger partial charge in [0.25, 0.3) is 0 Å². The van der Waals surface area contributed by atoms with Gasteiger partial charge < -0.3 is 0 Å². The molecule has 2 atom stereocenters. The number of nitrogens with zero attached hydrogens (tertiary/aromatic N) is 4. The van der Waals surface area contributed by atoms with Crippen LogP contribution in [0.5, 0.6) is 0 Å². The average molecular weight is 583 g/mol. The van der Waals surface area contributed by atoms with Crippen LogP contribution in [0.1, 0.15) is 48.4 Å². The first-order valence-corrected chi connectivity index (χ1v) is 15.9. The van der Waals surface area contributed by atoms with Gasteiger partial charge in [-0.3, -0.25) is 19.9 Å². The van der Waals surface area contributed by atoms with Gasteiger partial charge in [-0.05, 0) is 89.3 Å². The first kappa shape index (κ1) is 27.4. The first-order chi connectivity index (χ1) is 22.3. The lowest BCUT2D eigenvalue weighted by Crippen LogP contribution is -2.37. The van der Waals surface area contributed by atoms with Gasteiger partial charge in [0.1, 0.15) is 0 Å². The Morgan fingerprint density at radius 2 is 1.04 bits per heavy atom. The number of aromatic nitrogens is 3. The second-order valence-electron chi connectivity index (χ2n) is 12.0. The lowest BCUT2D eigenvalue weighted by Gasteiger charge is -2.41. The van der Waals surface area contributed by atoms with Gasteiger partial charge in [0.15, 0.2) is 0 Å². The van der Waals surface area contributed by atoms with Crippen molar-refractivity contribution in [2.75, 3.05) is 0 Å². The molecule has 218 valence electrons. The van der Waals surface area contributed by atoms with Gasteiger partial charge in [0, 0.05) is 23.9 Å². The number of hydrogen-bond donors (Lipinski definition) is 0. The average Bonchev–Trinajstić information content (AvgIpc) is 3.12. The molecule has 4 heteroatoms. The predicted octanol–water partition coefficient (Wildman–Crippen LogP) is 9.98. The smallest absolute Gasteiger partial charge is 0.0706 e. The monoisotopic (exact) mass is 582 g/mol. The quantitative estimate of drug-likeness (QED) is 0.196. The van der Waals surface area contributed by atoms with E-state index in [0.29, 0.717) is 0 Å². The first-order valence-electron chi connectivity index (χ1n) is 15.9. The van der Waals surface area contributed by atoms with Crippen molar-refractivity contribution in [2.45, 2.75) is 37.9 Å². The van der Waals surface area contributed by atoms with Crippen LogP contribution in [0.4, 0.5) is 0 Å². The van der Waals surface area contributed by atoms with Crippen molar-refractivity contribution < 1.29 is 0 Å². The van der Waals surface area contributed by atoms with Crippen LogP contribution >= 0.6 is 0 Å². The molecule has 0 bridgehead atoms. The summed E-state index contributed by atoms with van der Waals surface area (Å²) in [6.45, 7) is 0.736. The second-order valence-corrected chi connectivity index (χ2v) is 12.0. The number of piperidine rings is 1. The van der Waals surface area contributed by atoms with Crippen LogP contribution in [0.2, 0.25) is 0 Å². The molecule has 45 heavy (non-hydrogen) atoms. The van der Waals surface area contributed by atoms with Gasteiger partial charge in [0.2, 0.25) is 0 Å². The number of likely N-dealkylation sites (tertiary alicyclic amines) is 1. The normalized spacial score (nSPS) is 17.1.